The van der Waals surface area contributed by atoms with Gasteiger partial charge in [-0.1, -0.05) is 59.6 Å². The molecular weight excluding hydrogens is 435 g/mol. The summed E-state index contributed by atoms with van der Waals surface area (Å²) < 4.78 is 11.0. The van der Waals surface area contributed by atoms with Gasteiger partial charge in [-0.2, -0.15) is 0 Å². The number of carbonyl (C=O) groups is 1. The standard InChI is InChI=1S/C24H30Cl2N2O3/c1-27(24(29)15-18-8-9-21(25)22(26)14-18)23(19-6-4-3-5-7-19)17-28-11-10-20(16-28)31-13-12-30-2/h3-9,14,20,23H,10-13,15-17H2,1-2H3/t20-,23?/m0/s1. The van der Waals surface area contributed by atoms with Gasteiger partial charge in [0.05, 0.1) is 41.8 Å². The first kappa shape index (κ1) is 24.0. The predicted octanol–water partition coefficient (Wildman–Crippen LogP) is 4.47. The molecule has 3 rings (SSSR count). The smallest absolute Gasteiger partial charge is 0.227 e. The Morgan fingerprint density at radius 3 is 2.65 bits per heavy atom. The average molecular weight is 465 g/mol. The maximum Gasteiger partial charge on any atom is 0.227 e. The van der Waals surface area contributed by atoms with Gasteiger partial charge in [-0.25, -0.2) is 0 Å². The van der Waals surface area contributed by atoms with E-state index in [4.69, 9.17) is 32.7 Å². The monoisotopic (exact) mass is 464 g/mol. The molecule has 1 heterocycles. The van der Waals surface area contributed by atoms with Crippen LogP contribution < -0.4 is 0 Å². The maximum atomic E-state index is 13.1. The van der Waals surface area contributed by atoms with Gasteiger partial charge in [-0.3, -0.25) is 9.69 Å². The lowest BCUT2D eigenvalue weighted by molar-refractivity contribution is -0.131. The van der Waals surface area contributed by atoms with Crippen LogP contribution in [-0.2, 0) is 20.7 Å². The molecular formula is C24H30Cl2N2O3. The van der Waals surface area contributed by atoms with Crippen LogP contribution in [0, 0.1) is 0 Å². The molecule has 1 amide bonds. The Balaban J connectivity index is 1.67. The normalized spacial score (nSPS) is 17.6. The van der Waals surface area contributed by atoms with Crippen LogP contribution in [0.2, 0.25) is 10.0 Å². The van der Waals surface area contributed by atoms with E-state index in [0.717, 1.165) is 37.2 Å². The van der Waals surface area contributed by atoms with Crippen LogP contribution in [0.3, 0.4) is 0 Å². The molecule has 2 aromatic rings. The van der Waals surface area contributed by atoms with E-state index >= 15 is 0 Å². The number of ether oxygens (including phenoxy) is 2. The number of amides is 1. The van der Waals surface area contributed by atoms with Crippen molar-refractivity contribution < 1.29 is 14.3 Å². The van der Waals surface area contributed by atoms with Crippen molar-refractivity contribution in [2.24, 2.45) is 0 Å². The van der Waals surface area contributed by atoms with Crippen molar-refractivity contribution in [1.29, 1.82) is 0 Å². The molecule has 0 N–H and O–H groups in total. The Morgan fingerprint density at radius 1 is 1.16 bits per heavy atom. The second kappa shape index (κ2) is 11.8. The summed E-state index contributed by atoms with van der Waals surface area (Å²) in [6, 6.07) is 15.5. The van der Waals surface area contributed by atoms with Gasteiger partial charge in [-0.05, 0) is 29.7 Å². The first-order valence-electron chi connectivity index (χ1n) is 10.6. The van der Waals surface area contributed by atoms with Gasteiger partial charge >= 0.3 is 0 Å². The molecule has 0 spiro atoms. The Bertz CT molecular complexity index is 850. The Kier molecular flexibility index (Phi) is 9.17. The van der Waals surface area contributed by atoms with Gasteiger partial charge in [-0.15, -0.1) is 0 Å². The largest absolute Gasteiger partial charge is 0.382 e. The molecule has 1 fully saturated rings. The number of hydrogen-bond acceptors (Lipinski definition) is 4. The number of rotatable bonds is 10. The summed E-state index contributed by atoms with van der Waals surface area (Å²) in [4.78, 5) is 17.3. The van der Waals surface area contributed by atoms with Crippen LogP contribution in [0.5, 0.6) is 0 Å². The average Bonchev–Trinajstić information content (AvgIpc) is 3.22. The fourth-order valence-electron chi connectivity index (χ4n) is 3.89. The Labute approximate surface area is 194 Å². The summed E-state index contributed by atoms with van der Waals surface area (Å²) in [7, 11) is 3.56. The highest BCUT2D eigenvalue weighted by molar-refractivity contribution is 6.42. The molecule has 0 bridgehead atoms. The van der Waals surface area contributed by atoms with Gasteiger partial charge in [0.2, 0.25) is 5.91 Å². The highest BCUT2D eigenvalue weighted by Gasteiger charge is 2.29. The number of halogens is 2. The third-order valence-corrected chi connectivity index (χ3v) is 6.42. The molecule has 1 aliphatic heterocycles. The van der Waals surface area contributed by atoms with Crippen molar-refractivity contribution in [3.63, 3.8) is 0 Å². The Morgan fingerprint density at radius 2 is 1.94 bits per heavy atom. The molecule has 1 aliphatic rings. The van der Waals surface area contributed by atoms with Gasteiger partial charge in [0.15, 0.2) is 0 Å². The highest BCUT2D eigenvalue weighted by atomic mass is 35.5. The lowest BCUT2D eigenvalue weighted by Crippen LogP contribution is -2.39. The lowest BCUT2D eigenvalue weighted by Gasteiger charge is -2.32. The summed E-state index contributed by atoms with van der Waals surface area (Å²) >= 11 is 12.1. The number of carbonyl (C=O) groups excluding carboxylic acids is 1. The summed E-state index contributed by atoms with van der Waals surface area (Å²) in [6.07, 6.45) is 1.48. The number of likely N-dealkylation sites (N-methyl/N-ethyl adjacent to an activating group) is 1. The fourth-order valence-corrected chi connectivity index (χ4v) is 4.21. The molecule has 5 nitrogen and oxygen atoms in total. The molecule has 7 heteroatoms. The van der Waals surface area contributed by atoms with Crippen LogP contribution in [0.4, 0.5) is 0 Å². The van der Waals surface area contributed by atoms with E-state index in [9.17, 15) is 4.79 Å². The van der Waals surface area contributed by atoms with Gasteiger partial charge < -0.3 is 14.4 Å². The molecule has 1 saturated heterocycles. The summed E-state index contributed by atoms with van der Waals surface area (Å²) in [5.74, 6) is 0.0410. The highest BCUT2D eigenvalue weighted by Crippen LogP contribution is 2.26. The third-order valence-electron chi connectivity index (χ3n) is 5.69. The number of hydrogen-bond donors (Lipinski definition) is 0. The first-order chi connectivity index (χ1) is 15.0. The molecule has 2 atom stereocenters. The third kappa shape index (κ3) is 6.93. The minimum Gasteiger partial charge on any atom is -0.382 e. The summed E-state index contributed by atoms with van der Waals surface area (Å²) in [6.45, 7) is 3.80. The SMILES string of the molecule is COCCO[C@H]1CCN(CC(c2ccccc2)N(C)C(=O)Cc2ccc(Cl)c(Cl)c2)C1. The van der Waals surface area contributed by atoms with Crippen molar-refractivity contribution in [1.82, 2.24) is 9.80 Å². The zero-order valence-corrected chi connectivity index (χ0v) is 19.6. The number of benzene rings is 2. The predicted molar refractivity (Wildman–Crippen MR) is 125 cm³/mol. The topological polar surface area (TPSA) is 42.0 Å². The minimum absolute atomic E-state index is 0.0410. The van der Waals surface area contributed by atoms with E-state index in [1.165, 1.54) is 0 Å². The Hall–Kier alpha value is -1.63. The van der Waals surface area contributed by atoms with E-state index in [0.29, 0.717) is 23.3 Å². The van der Waals surface area contributed by atoms with Crippen molar-refractivity contribution in [3.8, 4) is 0 Å². The van der Waals surface area contributed by atoms with Crippen LogP contribution in [0.25, 0.3) is 0 Å². The minimum atomic E-state index is -0.0470. The summed E-state index contributed by atoms with van der Waals surface area (Å²) in [5.41, 5.74) is 1.97. The molecule has 0 aliphatic carbocycles. The molecule has 168 valence electrons. The lowest BCUT2D eigenvalue weighted by atomic mass is 10.0. The first-order valence-corrected chi connectivity index (χ1v) is 11.3. The van der Waals surface area contributed by atoms with Crippen molar-refractivity contribution in [2.75, 3.05) is 47.0 Å². The second-order valence-electron chi connectivity index (χ2n) is 7.89. The zero-order chi connectivity index (χ0) is 22.2. The van der Waals surface area contributed by atoms with Crippen molar-refractivity contribution >= 4 is 29.1 Å². The van der Waals surface area contributed by atoms with E-state index in [1.54, 1.807) is 19.2 Å². The quantitative estimate of drug-likeness (QED) is 0.486. The van der Waals surface area contributed by atoms with Crippen LogP contribution in [0.15, 0.2) is 48.5 Å². The summed E-state index contributed by atoms with van der Waals surface area (Å²) in [5, 5.41) is 0.954. The number of likely N-dealkylation sites (tertiary alicyclic amines) is 1. The zero-order valence-electron chi connectivity index (χ0n) is 18.1. The fraction of sp³-hybridized carbons (Fsp3) is 0.458. The van der Waals surface area contributed by atoms with Gasteiger partial charge in [0.25, 0.3) is 0 Å². The second-order valence-corrected chi connectivity index (χ2v) is 8.70. The molecule has 0 radical (unpaired) electrons. The van der Waals surface area contributed by atoms with E-state index in [2.05, 4.69) is 17.0 Å². The number of methoxy groups -OCH3 is 1. The number of nitrogens with zero attached hydrogens (tertiary/aromatic N) is 2. The van der Waals surface area contributed by atoms with E-state index in [-0.39, 0.29) is 24.5 Å². The van der Waals surface area contributed by atoms with Crippen LogP contribution >= 0.6 is 23.2 Å². The van der Waals surface area contributed by atoms with Crippen LogP contribution in [-0.4, -0.2) is 68.8 Å². The molecule has 2 aromatic carbocycles. The maximum absolute atomic E-state index is 13.1. The molecule has 1 unspecified atom stereocenters. The van der Waals surface area contributed by atoms with E-state index in [1.807, 2.05) is 36.2 Å². The van der Waals surface area contributed by atoms with Gasteiger partial charge in [0, 0.05) is 33.8 Å². The molecule has 0 aromatic heterocycles. The van der Waals surface area contributed by atoms with Crippen molar-refractivity contribution in [3.05, 3.63) is 69.7 Å². The molecule has 0 saturated carbocycles. The van der Waals surface area contributed by atoms with Crippen LogP contribution in [0.1, 0.15) is 23.6 Å². The molecule has 31 heavy (non-hydrogen) atoms. The van der Waals surface area contributed by atoms with E-state index < -0.39 is 0 Å². The van der Waals surface area contributed by atoms with Crippen molar-refractivity contribution in [2.45, 2.75) is 25.0 Å². The van der Waals surface area contributed by atoms with Gasteiger partial charge in [0.1, 0.15) is 0 Å².